The second-order valence-electron chi connectivity index (χ2n) is 3.58. The summed E-state index contributed by atoms with van der Waals surface area (Å²) in [6.45, 7) is 3.76. The summed E-state index contributed by atoms with van der Waals surface area (Å²) in [6, 6.07) is 4.82. The molecule has 0 aliphatic heterocycles. The SMILES string of the molecule is Cc1nn(-c2cccc(C(=O)O)n2)c(C)c1Br. The molecule has 2 aromatic heterocycles. The van der Waals surface area contributed by atoms with Crippen LogP contribution in [0.5, 0.6) is 0 Å². The summed E-state index contributed by atoms with van der Waals surface area (Å²) in [5, 5.41) is 13.2. The highest BCUT2D eigenvalue weighted by atomic mass is 79.9. The van der Waals surface area contributed by atoms with E-state index in [0.29, 0.717) is 5.82 Å². The molecule has 0 aromatic carbocycles. The number of halogens is 1. The molecular weight excluding hydrogens is 286 g/mol. The van der Waals surface area contributed by atoms with Gasteiger partial charge >= 0.3 is 5.97 Å². The van der Waals surface area contributed by atoms with Gasteiger partial charge in [-0.1, -0.05) is 6.07 Å². The van der Waals surface area contributed by atoms with Crippen molar-refractivity contribution < 1.29 is 9.90 Å². The topological polar surface area (TPSA) is 68.0 Å². The van der Waals surface area contributed by atoms with E-state index in [4.69, 9.17) is 5.11 Å². The molecule has 0 unspecified atom stereocenters. The van der Waals surface area contributed by atoms with Crippen molar-refractivity contribution in [2.24, 2.45) is 0 Å². The Hall–Kier alpha value is -1.69. The highest BCUT2D eigenvalue weighted by Crippen LogP contribution is 2.22. The number of hydrogen-bond acceptors (Lipinski definition) is 3. The number of nitrogens with zero attached hydrogens (tertiary/aromatic N) is 3. The molecule has 0 aliphatic carbocycles. The number of hydrogen-bond donors (Lipinski definition) is 1. The summed E-state index contributed by atoms with van der Waals surface area (Å²) in [5.74, 6) is -0.552. The highest BCUT2D eigenvalue weighted by molar-refractivity contribution is 9.10. The average Bonchev–Trinajstić information content (AvgIpc) is 2.57. The Labute approximate surface area is 106 Å². The van der Waals surface area contributed by atoms with E-state index in [0.717, 1.165) is 15.9 Å². The van der Waals surface area contributed by atoms with Crippen LogP contribution in [0.2, 0.25) is 0 Å². The van der Waals surface area contributed by atoms with Crippen molar-refractivity contribution in [1.29, 1.82) is 0 Å². The molecule has 0 bridgehead atoms. The van der Waals surface area contributed by atoms with Gasteiger partial charge in [0, 0.05) is 0 Å². The van der Waals surface area contributed by atoms with Crippen LogP contribution in [-0.2, 0) is 0 Å². The molecule has 0 saturated heterocycles. The van der Waals surface area contributed by atoms with Crippen LogP contribution in [0.1, 0.15) is 21.9 Å². The van der Waals surface area contributed by atoms with E-state index in [2.05, 4.69) is 26.0 Å². The highest BCUT2D eigenvalue weighted by Gasteiger charge is 2.12. The number of pyridine rings is 1. The Bertz CT molecular complexity index is 592. The first-order valence-corrected chi connectivity index (χ1v) is 5.72. The Morgan fingerprint density at radius 1 is 1.41 bits per heavy atom. The van der Waals surface area contributed by atoms with Crippen LogP contribution >= 0.6 is 15.9 Å². The molecular formula is C11H10BrN3O2. The van der Waals surface area contributed by atoms with E-state index in [-0.39, 0.29) is 5.69 Å². The minimum Gasteiger partial charge on any atom is -0.477 e. The fraction of sp³-hybridized carbons (Fsp3) is 0.182. The maximum Gasteiger partial charge on any atom is 0.354 e. The molecule has 0 atom stereocenters. The number of rotatable bonds is 2. The lowest BCUT2D eigenvalue weighted by molar-refractivity contribution is 0.0690. The summed E-state index contributed by atoms with van der Waals surface area (Å²) in [5.41, 5.74) is 1.73. The summed E-state index contributed by atoms with van der Waals surface area (Å²) in [4.78, 5) is 14.9. The van der Waals surface area contributed by atoms with Crippen molar-refractivity contribution in [3.8, 4) is 5.82 Å². The largest absolute Gasteiger partial charge is 0.477 e. The zero-order chi connectivity index (χ0) is 12.6. The van der Waals surface area contributed by atoms with Gasteiger partial charge in [0.2, 0.25) is 0 Å². The van der Waals surface area contributed by atoms with Gasteiger partial charge in [-0.3, -0.25) is 0 Å². The first kappa shape index (κ1) is 11.8. The quantitative estimate of drug-likeness (QED) is 0.923. The van der Waals surface area contributed by atoms with Crippen LogP contribution in [0.4, 0.5) is 0 Å². The minimum atomic E-state index is -1.05. The van der Waals surface area contributed by atoms with Gasteiger partial charge in [-0.2, -0.15) is 5.10 Å². The molecule has 1 N–H and O–H groups in total. The molecule has 0 fully saturated rings. The van der Waals surface area contributed by atoms with Gasteiger partial charge in [-0.15, -0.1) is 0 Å². The van der Waals surface area contributed by atoms with Gasteiger partial charge in [-0.05, 0) is 41.9 Å². The lowest BCUT2D eigenvalue weighted by Gasteiger charge is -2.03. The van der Waals surface area contributed by atoms with Crippen LogP contribution in [0.25, 0.3) is 5.82 Å². The summed E-state index contributed by atoms with van der Waals surface area (Å²) >= 11 is 3.42. The molecule has 88 valence electrons. The first-order chi connectivity index (χ1) is 8.00. The Morgan fingerprint density at radius 2 is 2.12 bits per heavy atom. The Balaban J connectivity index is 2.56. The van der Waals surface area contributed by atoms with Crippen LogP contribution < -0.4 is 0 Å². The number of carbonyl (C=O) groups is 1. The monoisotopic (exact) mass is 295 g/mol. The third-order valence-electron chi connectivity index (χ3n) is 2.37. The predicted octanol–water partition coefficient (Wildman–Crippen LogP) is 2.34. The number of aryl methyl sites for hydroxylation is 1. The van der Waals surface area contributed by atoms with Crippen molar-refractivity contribution in [3.63, 3.8) is 0 Å². The molecule has 0 saturated carbocycles. The van der Waals surface area contributed by atoms with Gasteiger partial charge in [0.1, 0.15) is 0 Å². The molecule has 2 rings (SSSR count). The van der Waals surface area contributed by atoms with Crippen LogP contribution in [-0.4, -0.2) is 25.8 Å². The van der Waals surface area contributed by atoms with Crippen LogP contribution in [0.3, 0.4) is 0 Å². The summed E-state index contributed by atoms with van der Waals surface area (Å²) < 4.78 is 2.52. The van der Waals surface area contributed by atoms with Gasteiger partial charge in [0.05, 0.1) is 15.9 Å². The van der Waals surface area contributed by atoms with Gasteiger partial charge < -0.3 is 5.11 Å². The smallest absolute Gasteiger partial charge is 0.354 e. The standard InChI is InChI=1S/C11H10BrN3O2/c1-6-10(12)7(2)15(14-6)9-5-3-4-8(13-9)11(16)17/h3-5H,1-2H3,(H,16,17). The van der Waals surface area contributed by atoms with E-state index < -0.39 is 5.97 Å². The Kier molecular flexibility index (Phi) is 2.97. The average molecular weight is 296 g/mol. The molecule has 0 spiro atoms. The number of aromatic nitrogens is 3. The molecule has 17 heavy (non-hydrogen) atoms. The molecule has 2 heterocycles. The Morgan fingerprint density at radius 3 is 2.65 bits per heavy atom. The first-order valence-electron chi connectivity index (χ1n) is 4.93. The van der Waals surface area contributed by atoms with Crippen molar-refractivity contribution in [2.75, 3.05) is 0 Å². The van der Waals surface area contributed by atoms with E-state index in [1.165, 1.54) is 6.07 Å². The fourth-order valence-corrected chi connectivity index (χ4v) is 1.75. The second-order valence-corrected chi connectivity index (χ2v) is 4.38. The minimum absolute atomic E-state index is 0.00572. The number of carboxylic acids is 1. The molecule has 5 nitrogen and oxygen atoms in total. The van der Waals surface area contributed by atoms with Gasteiger partial charge in [-0.25, -0.2) is 14.5 Å². The number of aromatic carboxylic acids is 1. The normalized spacial score (nSPS) is 10.5. The van der Waals surface area contributed by atoms with Crippen molar-refractivity contribution in [3.05, 3.63) is 39.8 Å². The van der Waals surface area contributed by atoms with Crippen LogP contribution in [0, 0.1) is 13.8 Å². The molecule has 6 heteroatoms. The van der Waals surface area contributed by atoms with Crippen molar-refractivity contribution in [1.82, 2.24) is 14.8 Å². The predicted molar refractivity (Wildman–Crippen MR) is 65.5 cm³/mol. The lowest BCUT2D eigenvalue weighted by Crippen LogP contribution is -2.06. The van der Waals surface area contributed by atoms with Gasteiger partial charge in [0.15, 0.2) is 11.5 Å². The van der Waals surface area contributed by atoms with E-state index in [9.17, 15) is 4.79 Å². The summed E-state index contributed by atoms with van der Waals surface area (Å²) in [7, 11) is 0. The van der Waals surface area contributed by atoms with E-state index in [1.54, 1.807) is 16.8 Å². The summed E-state index contributed by atoms with van der Waals surface area (Å²) in [6.07, 6.45) is 0. The van der Waals surface area contributed by atoms with Gasteiger partial charge in [0.25, 0.3) is 0 Å². The molecule has 0 radical (unpaired) electrons. The van der Waals surface area contributed by atoms with Crippen molar-refractivity contribution in [2.45, 2.75) is 13.8 Å². The third kappa shape index (κ3) is 2.08. The third-order valence-corrected chi connectivity index (χ3v) is 3.52. The molecule has 0 amide bonds. The van der Waals surface area contributed by atoms with E-state index in [1.807, 2.05) is 13.8 Å². The zero-order valence-electron chi connectivity index (χ0n) is 9.31. The van der Waals surface area contributed by atoms with E-state index >= 15 is 0 Å². The zero-order valence-corrected chi connectivity index (χ0v) is 10.9. The maximum absolute atomic E-state index is 10.8. The fourth-order valence-electron chi connectivity index (χ4n) is 1.51. The second kappa shape index (κ2) is 4.29. The number of carboxylic acid groups (broad SMARTS) is 1. The van der Waals surface area contributed by atoms with Crippen LogP contribution in [0.15, 0.2) is 22.7 Å². The maximum atomic E-state index is 10.8. The molecule has 2 aromatic rings. The lowest BCUT2D eigenvalue weighted by atomic mass is 10.3. The molecule has 0 aliphatic rings. The van der Waals surface area contributed by atoms with Crippen molar-refractivity contribution >= 4 is 21.9 Å².